The lowest BCUT2D eigenvalue weighted by molar-refractivity contribution is 0.660. The molecule has 0 heterocycles. The Balaban J connectivity index is 1.22. The molecule has 0 N–H and O–H groups in total. The third-order valence-electron chi connectivity index (χ3n) is 11.0. The zero-order valence-corrected chi connectivity index (χ0v) is 28.2. The summed E-state index contributed by atoms with van der Waals surface area (Å²) in [4.78, 5) is 2.47. The van der Waals surface area contributed by atoms with Gasteiger partial charge in [-0.05, 0) is 107 Å². The minimum Gasteiger partial charge on any atom is -0.310 e. The van der Waals surface area contributed by atoms with E-state index in [1.54, 1.807) is 0 Å². The number of benzene rings is 9. The molecule has 236 valence electrons. The van der Waals surface area contributed by atoms with Gasteiger partial charge in [0.15, 0.2) is 0 Å². The Kier molecular flexibility index (Phi) is 6.29. The Labute approximate surface area is 292 Å². The number of anilines is 3. The molecule has 0 spiro atoms. The molecule has 1 aliphatic carbocycles. The van der Waals surface area contributed by atoms with Gasteiger partial charge < -0.3 is 4.90 Å². The first-order valence-electron chi connectivity index (χ1n) is 17.5. The predicted molar refractivity (Wildman–Crippen MR) is 214 cm³/mol. The monoisotopic (exact) mass is 637 g/mol. The van der Waals surface area contributed by atoms with Crippen LogP contribution in [0.3, 0.4) is 0 Å². The van der Waals surface area contributed by atoms with E-state index >= 15 is 0 Å². The van der Waals surface area contributed by atoms with Gasteiger partial charge in [0.2, 0.25) is 0 Å². The molecule has 0 fully saturated rings. The first-order valence-corrected chi connectivity index (χ1v) is 17.5. The van der Waals surface area contributed by atoms with Gasteiger partial charge in [-0.3, -0.25) is 0 Å². The van der Waals surface area contributed by atoms with Gasteiger partial charge in [0.1, 0.15) is 0 Å². The van der Waals surface area contributed by atoms with E-state index in [0.29, 0.717) is 0 Å². The first-order chi connectivity index (χ1) is 24.5. The third kappa shape index (κ3) is 4.33. The van der Waals surface area contributed by atoms with Crippen LogP contribution in [-0.2, 0) is 5.41 Å². The zero-order valence-electron chi connectivity index (χ0n) is 28.2. The summed E-state index contributed by atoms with van der Waals surface area (Å²) in [6.07, 6.45) is 0. The van der Waals surface area contributed by atoms with Gasteiger partial charge in [0, 0.05) is 22.2 Å². The van der Waals surface area contributed by atoms with E-state index in [4.69, 9.17) is 0 Å². The summed E-state index contributed by atoms with van der Waals surface area (Å²) < 4.78 is 0. The van der Waals surface area contributed by atoms with E-state index in [-0.39, 0.29) is 5.41 Å². The normalized spacial score (nSPS) is 13.2. The molecule has 0 unspecified atom stereocenters. The van der Waals surface area contributed by atoms with Gasteiger partial charge >= 0.3 is 0 Å². The quantitative estimate of drug-likeness (QED) is 0.174. The van der Waals surface area contributed by atoms with Crippen LogP contribution in [0.25, 0.3) is 65.3 Å². The minimum atomic E-state index is -0.0502. The standard InChI is InChI=1S/C49H35N/c1-49(2)46-18-10-9-16-42(46)45-30-38(26-28-47(45)49)50(37-24-21-33(22-25-37)36-20-19-32-11-3-4-13-35(32)29-36)48-31-44-39-14-6-5-12-34(39)23-27-41(44)40-15-7-8-17-43(40)48/h3-31H,1-2H3. The lowest BCUT2D eigenvalue weighted by Crippen LogP contribution is -2.15. The summed E-state index contributed by atoms with van der Waals surface area (Å²) in [5, 5.41) is 10.1. The summed E-state index contributed by atoms with van der Waals surface area (Å²) in [5.74, 6) is 0. The smallest absolute Gasteiger partial charge is 0.0546 e. The second kappa shape index (κ2) is 10.9. The molecule has 0 bridgehead atoms. The number of hydrogen-bond acceptors (Lipinski definition) is 1. The largest absolute Gasteiger partial charge is 0.310 e. The number of nitrogens with zero attached hydrogens (tertiary/aromatic N) is 1. The molecule has 1 nitrogen and oxygen atoms in total. The highest BCUT2D eigenvalue weighted by atomic mass is 15.1. The van der Waals surface area contributed by atoms with Gasteiger partial charge in [0.05, 0.1) is 5.69 Å². The molecule has 9 aromatic carbocycles. The Morgan fingerprint density at radius 2 is 0.960 bits per heavy atom. The lowest BCUT2D eigenvalue weighted by Gasteiger charge is -2.29. The van der Waals surface area contributed by atoms with Crippen LogP contribution < -0.4 is 4.90 Å². The fraction of sp³-hybridized carbons (Fsp3) is 0.0612. The molecule has 0 amide bonds. The molecule has 0 radical (unpaired) electrons. The van der Waals surface area contributed by atoms with Crippen LogP contribution >= 0.6 is 0 Å². The average Bonchev–Trinajstić information content (AvgIpc) is 3.40. The molecule has 1 heteroatoms. The van der Waals surface area contributed by atoms with Crippen molar-refractivity contribution in [3.05, 3.63) is 187 Å². The van der Waals surface area contributed by atoms with Gasteiger partial charge in [-0.2, -0.15) is 0 Å². The molecular weight excluding hydrogens is 603 g/mol. The van der Waals surface area contributed by atoms with Crippen LogP contribution in [-0.4, -0.2) is 0 Å². The van der Waals surface area contributed by atoms with Crippen molar-refractivity contribution in [3.8, 4) is 22.3 Å². The zero-order chi connectivity index (χ0) is 33.4. The van der Waals surface area contributed by atoms with Crippen LogP contribution in [0.15, 0.2) is 176 Å². The molecular formula is C49H35N. The molecule has 0 saturated heterocycles. The van der Waals surface area contributed by atoms with Crippen LogP contribution in [0.5, 0.6) is 0 Å². The number of fused-ring (bicyclic) bond motifs is 9. The topological polar surface area (TPSA) is 3.24 Å². The molecule has 9 aromatic rings. The first kappa shape index (κ1) is 28.8. The van der Waals surface area contributed by atoms with E-state index in [1.165, 1.54) is 82.2 Å². The SMILES string of the molecule is CC1(C)c2ccccc2-c2cc(N(c3ccc(-c4ccc5ccccc5c4)cc3)c3cc4c5ccccc5ccc4c4ccccc34)ccc21. The highest BCUT2D eigenvalue weighted by molar-refractivity contribution is 6.21. The maximum absolute atomic E-state index is 2.47. The second-order valence-electron chi connectivity index (χ2n) is 14.2. The van der Waals surface area contributed by atoms with E-state index in [0.717, 1.165) is 11.4 Å². The highest BCUT2D eigenvalue weighted by Crippen LogP contribution is 2.51. The van der Waals surface area contributed by atoms with Crippen LogP contribution in [0.1, 0.15) is 25.0 Å². The fourth-order valence-corrected chi connectivity index (χ4v) is 8.47. The predicted octanol–water partition coefficient (Wildman–Crippen LogP) is 13.7. The van der Waals surface area contributed by atoms with Crippen LogP contribution in [0.4, 0.5) is 17.1 Å². The van der Waals surface area contributed by atoms with Gasteiger partial charge in [-0.15, -0.1) is 0 Å². The van der Waals surface area contributed by atoms with Crippen molar-refractivity contribution < 1.29 is 0 Å². The molecule has 50 heavy (non-hydrogen) atoms. The second-order valence-corrected chi connectivity index (χ2v) is 14.2. The third-order valence-corrected chi connectivity index (χ3v) is 11.0. The summed E-state index contributed by atoms with van der Waals surface area (Å²) in [6.45, 7) is 4.70. The minimum absolute atomic E-state index is 0.0502. The average molecular weight is 638 g/mol. The summed E-state index contributed by atoms with van der Waals surface area (Å²) in [5.41, 5.74) is 11.2. The van der Waals surface area contributed by atoms with Crippen molar-refractivity contribution in [3.63, 3.8) is 0 Å². The number of hydrogen-bond donors (Lipinski definition) is 0. The molecule has 10 rings (SSSR count). The Hall–Kier alpha value is -6.18. The molecule has 0 atom stereocenters. The van der Waals surface area contributed by atoms with Crippen molar-refractivity contribution in [2.45, 2.75) is 19.3 Å². The van der Waals surface area contributed by atoms with E-state index in [2.05, 4.69) is 195 Å². The van der Waals surface area contributed by atoms with Gasteiger partial charge in [0.25, 0.3) is 0 Å². The Morgan fingerprint density at radius 3 is 1.80 bits per heavy atom. The summed E-state index contributed by atoms with van der Waals surface area (Å²) in [7, 11) is 0. The van der Waals surface area contributed by atoms with Crippen molar-refractivity contribution in [2.75, 3.05) is 4.90 Å². The molecule has 0 aliphatic heterocycles. The molecule has 0 aromatic heterocycles. The van der Waals surface area contributed by atoms with Crippen LogP contribution in [0.2, 0.25) is 0 Å². The van der Waals surface area contributed by atoms with Crippen molar-refractivity contribution in [1.29, 1.82) is 0 Å². The molecule has 1 aliphatic rings. The molecule has 0 saturated carbocycles. The Morgan fingerprint density at radius 1 is 0.360 bits per heavy atom. The maximum atomic E-state index is 2.47. The van der Waals surface area contributed by atoms with Crippen molar-refractivity contribution in [1.82, 2.24) is 0 Å². The lowest BCUT2D eigenvalue weighted by atomic mass is 9.82. The maximum Gasteiger partial charge on any atom is 0.0546 e. The van der Waals surface area contributed by atoms with Gasteiger partial charge in [-0.1, -0.05) is 153 Å². The number of rotatable bonds is 4. The Bertz CT molecular complexity index is 2790. The summed E-state index contributed by atoms with van der Waals surface area (Å²) in [6, 6.07) is 65.1. The van der Waals surface area contributed by atoms with E-state index in [9.17, 15) is 0 Å². The van der Waals surface area contributed by atoms with Crippen LogP contribution in [0, 0.1) is 0 Å². The fourth-order valence-electron chi connectivity index (χ4n) is 8.47. The summed E-state index contributed by atoms with van der Waals surface area (Å²) >= 11 is 0. The van der Waals surface area contributed by atoms with Crippen molar-refractivity contribution >= 4 is 60.2 Å². The van der Waals surface area contributed by atoms with E-state index < -0.39 is 0 Å². The van der Waals surface area contributed by atoms with Crippen molar-refractivity contribution in [2.24, 2.45) is 0 Å². The van der Waals surface area contributed by atoms with E-state index in [1.807, 2.05) is 0 Å². The van der Waals surface area contributed by atoms with Gasteiger partial charge in [-0.25, -0.2) is 0 Å². The highest BCUT2D eigenvalue weighted by Gasteiger charge is 2.35.